The summed E-state index contributed by atoms with van der Waals surface area (Å²) in [6.45, 7) is 6.05. The third-order valence-electron chi connectivity index (χ3n) is 6.83. The average Bonchev–Trinajstić information content (AvgIpc) is 3.55. The Morgan fingerprint density at radius 2 is 1.75 bits per heavy atom. The third kappa shape index (κ3) is 5.23. The minimum Gasteiger partial charge on any atom is -0.486 e. The number of fused-ring (bicyclic) bond motifs is 4. The predicted molar refractivity (Wildman–Crippen MR) is 161 cm³/mol. The van der Waals surface area contributed by atoms with Crippen LogP contribution in [0.3, 0.4) is 0 Å². The van der Waals surface area contributed by atoms with Gasteiger partial charge in [0.05, 0.1) is 5.58 Å². The van der Waals surface area contributed by atoms with Gasteiger partial charge in [0.2, 0.25) is 5.71 Å². The first-order valence-electron chi connectivity index (χ1n) is 14.1. The summed E-state index contributed by atoms with van der Waals surface area (Å²) in [6.07, 6.45) is 3.70. The Morgan fingerprint density at radius 1 is 0.875 bits per heavy atom. The summed E-state index contributed by atoms with van der Waals surface area (Å²) in [6, 6.07) is 23.8. The quantitative estimate of drug-likeness (QED) is 0.167. The van der Waals surface area contributed by atoms with E-state index < -0.39 is 6.85 Å². The van der Waals surface area contributed by atoms with Crippen molar-refractivity contribution in [2.45, 2.75) is 34.5 Å². The van der Waals surface area contributed by atoms with Crippen LogP contribution in [0.2, 0.25) is 0 Å². The largest absolute Gasteiger partial charge is 0.486 e. The number of rotatable bonds is 2. The molecule has 0 aliphatic rings. The Kier molecular flexibility index (Phi) is 6.89. The Morgan fingerprint density at radius 3 is 2.52 bits per heavy atom. The molecule has 4 nitrogen and oxygen atoms in total. The van der Waals surface area contributed by atoms with Crippen LogP contribution in [0.1, 0.15) is 32.1 Å². The van der Waals surface area contributed by atoms with Gasteiger partial charge in [-0.2, -0.15) is 11.3 Å². The van der Waals surface area contributed by atoms with Crippen molar-refractivity contribution in [3.05, 3.63) is 112 Å². The fourth-order valence-corrected chi connectivity index (χ4v) is 5.54. The van der Waals surface area contributed by atoms with E-state index in [4.69, 9.17) is 8.53 Å². The van der Waals surface area contributed by atoms with Crippen molar-refractivity contribution < 1.29 is 28.6 Å². The van der Waals surface area contributed by atoms with E-state index in [1.54, 1.807) is 23.6 Å². The molecule has 201 valence electrons. The van der Waals surface area contributed by atoms with Crippen molar-refractivity contribution in [2.24, 2.45) is 0 Å². The van der Waals surface area contributed by atoms with Gasteiger partial charge in [-0.05, 0) is 73.4 Å². The maximum atomic E-state index is 7.57. The molecule has 0 aliphatic heterocycles. The van der Waals surface area contributed by atoms with E-state index in [0.29, 0.717) is 11.3 Å². The number of aryl methyl sites for hydroxylation is 5. The van der Waals surface area contributed by atoms with Crippen molar-refractivity contribution >= 4 is 43.5 Å². The van der Waals surface area contributed by atoms with Gasteiger partial charge >= 0.3 is 0 Å². The van der Waals surface area contributed by atoms with E-state index in [1.807, 2.05) is 30.5 Å². The van der Waals surface area contributed by atoms with Crippen LogP contribution in [0.5, 0.6) is 0 Å². The van der Waals surface area contributed by atoms with Gasteiger partial charge in [-0.3, -0.25) is 0 Å². The first kappa shape index (κ1) is 24.1. The van der Waals surface area contributed by atoms with E-state index in [0.717, 1.165) is 43.4 Å². The molecular weight excluding hydrogens is 691 g/mol. The maximum Gasteiger partial charge on any atom is 0.216 e. The van der Waals surface area contributed by atoms with Crippen molar-refractivity contribution in [3.63, 3.8) is 0 Å². The first-order chi connectivity index (χ1) is 20.1. The van der Waals surface area contributed by atoms with E-state index >= 15 is 0 Å². The molecule has 1 radical (unpaired) electrons. The standard InChI is InChI=1S/C20H13N2OS.C14H14N.Ir/c1-11-10-24-19-13(11)8-9-21-17(19)16-5-3-4-14-15-7-6-12(2)22-20(15)23-18(14)16;1-10-4-6-13(7-5-10)14-8-11(2)12(3)9-15-14;/h3-4,6-10H,1-2H3;4-6,8-9H,1-3H3;/q2*-1;/i2D3;;. The molecule has 0 bridgehead atoms. The number of furan rings is 1. The monoisotopic (exact) mass is 721 g/mol. The zero-order valence-electron chi connectivity index (χ0n) is 25.4. The van der Waals surface area contributed by atoms with Gasteiger partial charge in [0.25, 0.3) is 0 Å². The maximum absolute atomic E-state index is 7.57. The predicted octanol–water partition coefficient (Wildman–Crippen LogP) is 9.15. The van der Waals surface area contributed by atoms with Crippen LogP contribution in [0, 0.1) is 46.7 Å². The number of nitrogens with zero attached hydrogens (tertiary/aromatic N) is 3. The van der Waals surface area contributed by atoms with Crippen molar-refractivity contribution in [1.82, 2.24) is 15.0 Å². The number of benzene rings is 2. The van der Waals surface area contributed by atoms with Gasteiger partial charge < -0.3 is 14.4 Å². The van der Waals surface area contributed by atoms with Crippen LogP contribution >= 0.6 is 11.3 Å². The molecule has 0 unspecified atom stereocenters. The molecule has 0 atom stereocenters. The van der Waals surface area contributed by atoms with E-state index in [1.165, 1.54) is 28.3 Å². The molecule has 2 aromatic carbocycles. The van der Waals surface area contributed by atoms with Gasteiger partial charge in [0.15, 0.2) is 0 Å². The Bertz CT molecular complexity index is 2080. The van der Waals surface area contributed by atoms with Gasteiger partial charge in [-0.15, -0.1) is 53.6 Å². The van der Waals surface area contributed by atoms with Crippen molar-refractivity contribution in [1.29, 1.82) is 0 Å². The summed E-state index contributed by atoms with van der Waals surface area (Å²) in [5.41, 5.74) is 9.51. The topological polar surface area (TPSA) is 51.8 Å². The second-order valence-electron chi connectivity index (χ2n) is 9.64. The Hall–Kier alpha value is -3.70. The van der Waals surface area contributed by atoms with Crippen molar-refractivity contribution in [2.75, 3.05) is 0 Å². The molecular formula is C34H27IrN3OS-2. The molecule has 6 heteroatoms. The third-order valence-corrected chi connectivity index (χ3v) is 7.96. The molecule has 0 saturated heterocycles. The van der Waals surface area contributed by atoms with Crippen LogP contribution < -0.4 is 0 Å². The second kappa shape index (κ2) is 11.4. The molecule has 7 aromatic rings. The smallest absolute Gasteiger partial charge is 0.216 e. The molecule has 7 rings (SSSR count). The molecule has 0 aliphatic carbocycles. The minimum absolute atomic E-state index is 0. The van der Waals surface area contributed by atoms with E-state index in [-0.39, 0.29) is 25.8 Å². The molecule has 40 heavy (non-hydrogen) atoms. The normalized spacial score (nSPS) is 12.3. The van der Waals surface area contributed by atoms with E-state index in [9.17, 15) is 0 Å². The first-order valence-corrected chi connectivity index (χ1v) is 13.5. The van der Waals surface area contributed by atoms with E-state index in [2.05, 4.69) is 78.4 Å². The molecule has 5 heterocycles. The van der Waals surface area contributed by atoms with Crippen LogP contribution in [0.15, 0.2) is 76.8 Å². The average molecular weight is 721 g/mol. The van der Waals surface area contributed by atoms with Crippen LogP contribution in [-0.2, 0) is 20.1 Å². The summed E-state index contributed by atoms with van der Waals surface area (Å²) < 4.78 is 29.8. The molecule has 0 N–H and O–H groups in total. The summed E-state index contributed by atoms with van der Waals surface area (Å²) in [5.74, 6) is 0. The molecule has 0 fully saturated rings. The van der Waals surface area contributed by atoms with Gasteiger partial charge in [0.1, 0.15) is 0 Å². The fraction of sp³-hybridized carbons (Fsp3) is 0.147. The number of aromatic nitrogens is 3. The Labute approximate surface area is 255 Å². The zero-order chi connectivity index (χ0) is 29.6. The molecule has 0 saturated carbocycles. The summed E-state index contributed by atoms with van der Waals surface area (Å²) in [7, 11) is 0. The minimum atomic E-state index is -2.27. The fourth-order valence-electron chi connectivity index (χ4n) is 4.50. The van der Waals surface area contributed by atoms with Gasteiger partial charge in [-0.25, -0.2) is 4.98 Å². The van der Waals surface area contributed by atoms with Crippen LogP contribution in [0.4, 0.5) is 0 Å². The molecule has 0 amide bonds. The number of pyridine rings is 3. The second-order valence-corrected chi connectivity index (χ2v) is 10.5. The molecule has 5 aromatic heterocycles. The number of hydrogen-bond acceptors (Lipinski definition) is 5. The molecule has 0 spiro atoms. The summed E-state index contributed by atoms with van der Waals surface area (Å²) >= 11 is 1.64. The summed E-state index contributed by atoms with van der Waals surface area (Å²) in [5, 5.41) is 4.92. The van der Waals surface area contributed by atoms with Crippen molar-refractivity contribution in [3.8, 4) is 22.5 Å². The van der Waals surface area contributed by atoms with Crippen LogP contribution in [0.25, 0.3) is 54.7 Å². The van der Waals surface area contributed by atoms with Gasteiger partial charge in [-0.1, -0.05) is 29.5 Å². The zero-order valence-corrected chi connectivity index (χ0v) is 25.6. The number of hydrogen-bond donors (Lipinski definition) is 0. The van der Waals surface area contributed by atoms with Gasteiger partial charge in [0, 0.05) is 58.1 Å². The summed E-state index contributed by atoms with van der Waals surface area (Å²) in [4.78, 5) is 13.2. The Balaban J connectivity index is 0.000000197. The van der Waals surface area contributed by atoms with Crippen LogP contribution in [-0.4, -0.2) is 15.0 Å². The number of thiophene rings is 1. The SMILES string of the molecule is Cc1c[c-]c(-c2cc(C)c(C)cn2)cc1.[2H]C([2H])([2H])c1ccc2c(n1)oc1c(-c3nccc4c(C)csc34)[c-]ccc12.[Ir].